The molecule has 4 heteroatoms. The fourth-order valence-corrected chi connectivity index (χ4v) is 10.5. The van der Waals surface area contributed by atoms with Gasteiger partial charge in [0.25, 0.3) is 0 Å². The van der Waals surface area contributed by atoms with E-state index in [2.05, 4.69) is 147 Å². The molecule has 6 aromatic carbocycles. The average Bonchev–Trinajstić information content (AvgIpc) is 3.83. The Balaban J connectivity index is 0.885. The van der Waals surface area contributed by atoms with Crippen LogP contribution in [0.4, 0.5) is 0 Å². The first-order valence-corrected chi connectivity index (χ1v) is 26.4. The molecular formula is C63H76O4. The molecule has 0 atom stereocenters. The molecule has 2 aliphatic rings. The second-order valence-corrected chi connectivity index (χ2v) is 19.2. The quantitative estimate of drug-likeness (QED) is 0.0422. The number of rotatable bonds is 30. The standard InChI is InChI=1S/C63H76O4/c1-3-5-7-9-11-13-15-17-19-25-43-64-51-35-31-49(32-36-51)47-66-53-39-41-57-55-27-21-23-29-59(55)63(61(57)45-53)60-30-24-22-28-56(60)58-42-40-54(46-62(58)63)67-48-50-33-37-52(38-34-50)65-44-26-20-18-16-14-12-10-8-6-4-2/h21-24,27-42,45-46H,3-20,25-26,43-44,47-48H2,1-2H3. The van der Waals surface area contributed by atoms with E-state index in [9.17, 15) is 0 Å². The summed E-state index contributed by atoms with van der Waals surface area (Å²) in [6.07, 6.45) is 26.5. The molecule has 8 rings (SSSR count). The SMILES string of the molecule is CCCCCCCCCCCCOc1ccc(COc2ccc3c(c2)C2(c4ccccc4-3)c3ccccc3-c3ccc(OCc4ccc(OCCCCCCCCCCCC)cc4)cc32)cc1. The molecule has 67 heavy (non-hydrogen) atoms. The summed E-state index contributed by atoms with van der Waals surface area (Å²) >= 11 is 0. The highest BCUT2D eigenvalue weighted by Gasteiger charge is 2.52. The zero-order chi connectivity index (χ0) is 45.9. The topological polar surface area (TPSA) is 36.9 Å². The summed E-state index contributed by atoms with van der Waals surface area (Å²) in [5.41, 5.74) is 11.9. The summed E-state index contributed by atoms with van der Waals surface area (Å²) in [7, 11) is 0. The van der Waals surface area contributed by atoms with Crippen molar-refractivity contribution < 1.29 is 18.9 Å². The largest absolute Gasteiger partial charge is 0.494 e. The Morgan fingerprint density at radius 2 is 0.627 bits per heavy atom. The van der Waals surface area contributed by atoms with Crippen LogP contribution in [-0.4, -0.2) is 13.2 Å². The van der Waals surface area contributed by atoms with E-state index in [1.54, 1.807) is 0 Å². The molecule has 0 aromatic heterocycles. The summed E-state index contributed by atoms with van der Waals surface area (Å²) in [6, 6.07) is 48.1. The molecule has 0 fully saturated rings. The van der Waals surface area contributed by atoms with Crippen molar-refractivity contribution in [3.63, 3.8) is 0 Å². The zero-order valence-corrected chi connectivity index (χ0v) is 40.8. The van der Waals surface area contributed by atoms with Crippen molar-refractivity contribution in [3.8, 4) is 45.3 Å². The Labute approximate surface area is 403 Å². The van der Waals surface area contributed by atoms with Crippen LogP contribution in [-0.2, 0) is 18.6 Å². The molecule has 4 nitrogen and oxygen atoms in total. The lowest BCUT2D eigenvalue weighted by atomic mass is 9.70. The zero-order valence-electron chi connectivity index (χ0n) is 40.8. The Bertz CT molecular complexity index is 2240. The van der Waals surface area contributed by atoms with Gasteiger partial charge in [-0.05, 0) is 117 Å². The maximum atomic E-state index is 6.61. The van der Waals surface area contributed by atoms with Crippen LogP contribution in [0, 0.1) is 0 Å². The first-order valence-electron chi connectivity index (χ1n) is 26.4. The first kappa shape index (κ1) is 48.0. The van der Waals surface area contributed by atoms with E-state index in [0.29, 0.717) is 13.2 Å². The summed E-state index contributed by atoms with van der Waals surface area (Å²) < 4.78 is 25.5. The fraction of sp³-hybridized carbons (Fsp3) is 0.429. The highest BCUT2D eigenvalue weighted by atomic mass is 16.5. The van der Waals surface area contributed by atoms with Crippen LogP contribution in [0.15, 0.2) is 133 Å². The third kappa shape index (κ3) is 12.2. The first-order chi connectivity index (χ1) is 33.2. The second-order valence-electron chi connectivity index (χ2n) is 19.2. The van der Waals surface area contributed by atoms with Gasteiger partial charge in [-0.1, -0.05) is 214 Å². The molecule has 0 amide bonds. The van der Waals surface area contributed by atoms with Gasteiger partial charge < -0.3 is 18.9 Å². The van der Waals surface area contributed by atoms with Crippen molar-refractivity contribution >= 4 is 0 Å². The van der Waals surface area contributed by atoms with E-state index in [4.69, 9.17) is 18.9 Å². The predicted molar refractivity (Wildman–Crippen MR) is 279 cm³/mol. The lowest BCUT2D eigenvalue weighted by molar-refractivity contribution is 0.300. The van der Waals surface area contributed by atoms with Gasteiger partial charge in [0.2, 0.25) is 0 Å². The number of hydrogen-bond donors (Lipinski definition) is 0. The van der Waals surface area contributed by atoms with E-state index in [0.717, 1.165) is 60.2 Å². The highest BCUT2D eigenvalue weighted by molar-refractivity contribution is 5.95. The molecule has 0 N–H and O–H groups in total. The Hall–Kier alpha value is -5.48. The molecule has 1 spiro atoms. The van der Waals surface area contributed by atoms with Crippen LogP contribution >= 0.6 is 0 Å². The van der Waals surface area contributed by atoms with Crippen LogP contribution in [0.2, 0.25) is 0 Å². The maximum absolute atomic E-state index is 6.61. The van der Waals surface area contributed by atoms with Gasteiger partial charge in [0.05, 0.1) is 18.6 Å². The van der Waals surface area contributed by atoms with Gasteiger partial charge in [-0.15, -0.1) is 0 Å². The lowest BCUT2D eigenvalue weighted by Gasteiger charge is -2.30. The number of benzene rings is 6. The van der Waals surface area contributed by atoms with Crippen LogP contribution in [0.25, 0.3) is 22.3 Å². The molecule has 0 unspecified atom stereocenters. The van der Waals surface area contributed by atoms with Gasteiger partial charge in [0.1, 0.15) is 36.2 Å². The molecule has 0 saturated heterocycles. The van der Waals surface area contributed by atoms with Crippen molar-refractivity contribution in [1.29, 1.82) is 0 Å². The minimum absolute atomic E-state index is 0.481. The predicted octanol–water partition coefficient (Wildman–Crippen LogP) is 17.8. The van der Waals surface area contributed by atoms with Crippen molar-refractivity contribution in [1.82, 2.24) is 0 Å². The molecule has 0 radical (unpaired) electrons. The molecule has 6 aromatic rings. The van der Waals surface area contributed by atoms with Gasteiger partial charge in [-0.3, -0.25) is 0 Å². The molecule has 0 bridgehead atoms. The number of unbranched alkanes of at least 4 members (excludes halogenated alkanes) is 18. The Kier molecular flexibility index (Phi) is 17.9. The Morgan fingerprint density at radius 1 is 0.299 bits per heavy atom. The lowest BCUT2D eigenvalue weighted by Crippen LogP contribution is -2.26. The van der Waals surface area contributed by atoms with Gasteiger partial charge >= 0.3 is 0 Å². The summed E-state index contributed by atoms with van der Waals surface area (Å²) in [6.45, 7) is 7.07. The molecule has 0 heterocycles. The summed E-state index contributed by atoms with van der Waals surface area (Å²) in [5, 5.41) is 0. The number of fused-ring (bicyclic) bond motifs is 10. The van der Waals surface area contributed by atoms with Crippen LogP contribution in [0.3, 0.4) is 0 Å². The average molecular weight is 897 g/mol. The third-order valence-corrected chi connectivity index (χ3v) is 14.2. The normalized spacial score (nSPS) is 12.7. The van der Waals surface area contributed by atoms with E-state index in [1.807, 2.05) is 0 Å². The van der Waals surface area contributed by atoms with Gasteiger partial charge in [-0.2, -0.15) is 0 Å². The van der Waals surface area contributed by atoms with Gasteiger partial charge in [0, 0.05) is 0 Å². The van der Waals surface area contributed by atoms with E-state index in [1.165, 1.54) is 160 Å². The molecule has 352 valence electrons. The molecule has 0 saturated carbocycles. The fourth-order valence-electron chi connectivity index (χ4n) is 10.5. The van der Waals surface area contributed by atoms with Crippen molar-refractivity contribution in [2.45, 2.75) is 161 Å². The molecule has 2 aliphatic carbocycles. The highest BCUT2D eigenvalue weighted by Crippen LogP contribution is 2.63. The molecule has 0 aliphatic heterocycles. The maximum Gasteiger partial charge on any atom is 0.120 e. The second kappa shape index (κ2) is 25.0. The Morgan fingerprint density at radius 3 is 1.01 bits per heavy atom. The third-order valence-electron chi connectivity index (χ3n) is 14.2. The summed E-state index contributed by atoms with van der Waals surface area (Å²) in [5.74, 6) is 3.58. The van der Waals surface area contributed by atoms with Gasteiger partial charge in [-0.25, -0.2) is 0 Å². The van der Waals surface area contributed by atoms with Gasteiger partial charge in [0.15, 0.2) is 0 Å². The van der Waals surface area contributed by atoms with Crippen LogP contribution < -0.4 is 18.9 Å². The number of hydrogen-bond acceptors (Lipinski definition) is 4. The minimum atomic E-state index is -0.503. The van der Waals surface area contributed by atoms with Crippen molar-refractivity contribution in [2.24, 2.45) is 0 Å². The van der Waals surface area contributed by atoms with Crippen LogP contribution in [0.5, 0.6) is 23.0 Å². The summed E-state index contributed by atoms with van der Waals surface area (Å²) in [4.78, 5) is 0. The van der Waals surface area contributed by atoms with Crippen molar-refractivity contribution in [2.75, 3.05) is 13.2 Å². The van der Waals surface area contributed by atoms with E-state index < -0.39 is 5.41 Å². The van der Waals surface area contributed by atoms with Crippen molar-refractivity contribution in [3.05, 3.63) is 167 Å². The monoisotopic (exact) mass is 897 g/mol. The number of ether oxygens (including phenoxy) is 4. The molecular weight excluding hydrogens is 821 g/mol. The van der Waals surface area contributed by atoms with E-state index >= 15 is 0 Å². The minimum Gasteiger partial charge on any atom is -0.494 e. The smallest absolute Gasteiger partial charge is 0.120 e. The van der Waals surface area contributed by atoms with Crippen LogP contribution in [0.1, 0.15) is 176 Å². The van der Waals surface area contributed by atoms with E-state index in [-0.39, 0.29) is 0 Å².